The van der Waals surface area contributed by atoms with Gasteiger partial charge in [0, 0.05) is 28.2 Å². The van der Waals surface area contributed by atoms with Gasteiger partial charge in [-0.1, -0.05) is 12.1 Å². The van der Waals surface area contributed by atoms with Crippen molar-refractivity contribution in [2.75, 3.05) is 39.1 Å². The number of hydrogen-bond donors (Lipinski definition) is 7. The number of ketones is 2. The van der Waals surface area contributed by atoms with Gasteiger partial charge < -0.3 is 41.9 Å². The summed E-state index contributed by atoms with van der Waals surface area (Å²) in [5, 5.41) is 26.9. The molecule has 0 aliphatic heterocycles. The molecule has 0 saturated heterocycles. The minimum atomic E-state index is -5.32. The number of hydrogen-bond acceptors (Lipinski definition) is 24. The molecule has 0 aromatic heterocycles. The van der Waals surface area contributed by atoms with E-state index in [1.807, 2.05) is 0 Å². The number of rotatable bonds is 13. The van der Waals surface area contributed by atoms with Crippen LogP contribution in [0.1, 0.15) is 31.8 Å². The molecule has 11 N–H and O–H groups in total. The fourth-order valence-corrected chi connectivity index (χ4v) is 8.78. The largest absolute Gasteiger partial charge is 1.00 e. The molecule has 0 atom stereocenters. The normalized spacial score (nSPS) is 14.5. The quantitative estimate of drug-likeness (QED) is 0.0209. The number of azo groups is 2. The van der Waals surface area contributed by atoms with Crippen LogP contribution < -0.4 is 95.7 Å². The maximum absolute atomic E-state index is 13.7. The minimum Gasteiger partial charge on any atom is -0.744 e. The van der Waals surface area contributed by atoms with E-state index in [-0.39, 0.29) is 130 Å². The topological polar surface area (TPSA) is 420 Å². The molecule has 0 amide bonds. The van der Waals surface area contributed by atoms with Gasteiger partial charge in [0.15, 0.2) is 0 Å². The number of Topliss-reactive ketones (excluding diaryl/α,β-unsaturated/α-hetero) is 2. The predicted octanol–water partition coefficient (Wildman–Crippen LogP) is -2.39. The standard InChI is InChI=1S/C44H35N13O11S3.3Li/c45-24-3-12-35(33(47)17-24)54-51-28-5-1-22-15-39(70(63,64)65)41(43(58)31(22)19-28)56-50-27-9-7-26(8-10-27)49-37-14-11-30(21-38(37)69(60,61)62)53-57-42-40(71(66,67)68)16-23-2-6-29(20-32(23)44(42)59)52-55-36-13-4-25(46)18-34(36)48;;;/h1-21,49-50,53H,45-48H2,(H,60,61,62)(H,63,64,65)(H,66,67,68);;;/q;3*+1/p-3/b54-51?,55-52?,56-41+,57-42+;;;. The van der Waals surface area contributed by atoms with E-state index in [1.54, 1.807) is 12.1 Å². The maximum atomic E-state index is 13.7. The Balaban J connectivity index is 0.00000338. The molecule has 360 valence electrons. The van der Waals surface area contributed by atoms with Crippen molar-refractivity contribution in [3.05, 3.63) is 147 Å². The second-order valence-corrected chi connectivity index (χ2v) is 19.2. The molecule has 74 heavy (non-hydrogen) atoms. The van der Waals surface area contributed by atoms with Gasteiger partial charge in [-0.2, -0.15) is 20.4 Å². The monoisotopic (exact) mass is 1040 g/mol. The van der Waals surface area contributed by atoms with Gasteiger partial charge in [-0.3, -0.25) is 20.4 Å². The molecule has 0 unspecified atom stereocenters. The molecule has 0 bridgehead atoms. The van der Waals surface area contributed by atoms with Crippen molar-refractivity contribution in [3.63, 3.8) is 0 Å². The minimum absolute atomic E-state index is 0. The summed E-state index contributed by atoms with van der Waals surface area (Å²) in [5.74, 6) is -1.95. The summed E-state index contributed by atoms with van der Waals surface area (Å²) in [7, 11) is -15.8. The number of benzene rings is 6. The van der Waals surface area contributed by atoms with Crippen molar-refractivity contribution in [2.24, 2.45) is 30.7 Å². The van der Waals surface area contributed by atoms with E-state index in [0.29, 0.717) is 17.1 Å². The molecule has 24 nitrogen and oxygen atoms in total. The summed E-state index contributed by atoms with van der Waals surface area (Å²) < 4.78 is 111. The van der Waals surface area contributed by atoms with Gasteiger partial charge in [-0.15, -0.1) is 10.2 Å². The Morgan fingerprint density at radius 2 is 0.865 bits per heavy atom. The third-order valence-corrected chi connectivity index (χ3v) is 12.8. The Morgan fingerprint density at radius 1 is 0.446 bits per heavy atom. The van der Waals surface area contributed by atoms with Crippen LogP contribution >= 0.6 is 0 Å². The van der Waals surface area contributed by atoms with Crippen molar-refractivity contribution in [3.8, 4) is 0 Å². The molecule has 2 aliphatic carbocycles. The second-order valence-electron chi connectivity index (χ2n) is 15.2. The van der Waals surface area contributed by atoms with Crippen molar-refractivity contribution >= 4 is 134 Å². The molecule has 0 fully saturated rings. The van der Waals surface area contributed by atoms with Crippen molar-refractivity contribution in [1.29, 1.82) is 0 Å². The average molecular weight is 1040 g/mol. The number of fused-ring (bicyclic) bond motifs is 2. The molecular formula is C44H32Li3N13O11S3. The van der Waals surface area contributed by atoms with Crippen LogP contribution in [0.4, 0.5) is 68.2 Å². The van der Waals surface area contributed by atoms with Crippen LogP contribution in [0.5, 0.6) is 0 Å². The first-order valence-corrected chi connectivity index (χ1v) is 24.3. The maximum Gasteiger partial charge on any atom is 1.00 e. The van der Waals surface area contributed by atoms with Crippen molar-refractivity contribution in [1.82, 2.24) is 0 Å². The first-order valence-electron chi connectivity index (χ1n) is 20.0. The van der Waals surface area contributed by atoms with Gasteiger partial charge >= 0.3 is 56.6 Å². The molecule has 8 rings (SSSR count). The Labute approximate surface area is 457 Å². The molecule has 6 aromatic rings. The van der Waals surface area contributed by atoms with Gasteiger partial charge in [-0.05, 0) is 126 Å². The number of carbonyl (C=O) groups is 2. The van der Waals surface area contributed by atoms with Crippen LogP contribution in [0.25, 0.3) is 12.2 Å². The van der Waals surface area contributed by atoms with Gasteiger partial charge in [0.1, 0.15) is 53.2 Å². The third-order valence-electron chi connectivity index (χ3n) is 10.2. The molecular weight excluding hydrogens is 1000 g/mol. The predicted molar refractivity (Wildman–Crippen MR) is 262 cm³/mol. The van der Waals surface area contributed by atoms with Crippen LogP contribution in [0.15, 0.2) is 161 Å². The van der Waals surface area contributed by atoms with Crippen molar-refractivity contribution < 1.29 is 105 Å². The molecule has 2 aliphatic rings. The Kier molecular flexibility index (Phi) is 17.9. The SMILES string of the molecule is Nc1ccc(N=Nc2ccc3c(c2)C(=O)/C(=N/Nc2ccc(Nc4ccc(N/N=C5/C(=O)c6cc(N=Nc7ccc(N)cc7N)ccc6C=C5S(=O)(=O)[O-])cc4S(=O)(=O)[O-])cc2)C(S(=O)(=O)[O-])=C3)c(N)c1.[Li+].[Li+].[Li+]. The van der Waals surface area contributed by atoms with E-state index in [4.69, 9.17) is 22.9 Å². The first kappa shape index (κ1) is 57.7. The fourth-order valence-electron chi connectivity index (χ4n) is 6.83. The van der Waals surface area contributed by atoms with E-state index in [1.165, 1.54) is 91.0 Å². The summed E-state index contributed by atoms with van der Waals surface area (Å²) in [6.45, 7) is 0. The van der Waals surface area contributed by atoms with Crippen molar-refractivity contribution in [2.45, 2.75) is 4.90 Å². The molecule has 6 aromatic carbocycles. The van der Waals surface area contributed by atoms with Gasteiger partial charge in [0.05, 0.1) is 54.5 Å². The Hall–Kier alpha value is -7.20. The molecule has 30 heteroatoms. The summed E-state index contributed by atoms with van der Waals surface area (Å²) in [5.41, 5.74) is 28.6. The fraction of sp³-hybridized carbons (Fsp3) is 0. The number of nitrogen functional groups attached to an aromatic ring is 4. The van der Waals surface area contributed by atoms with E-state index >= 15 is 0 Å². The summed E-state index contributed by atoms with van der Waals surface area (Å²) in [6.07, 6.45) is 1.92. The van der Waals surface area contributed by atoms with Gasteiger partial charge in [0.2, 0.25) is 11.6 Å². The molecule has 0 saturated carbocycles. The smallest absolute Gasteiger partial charge is 0.744 e. The molecule has 0 spiro atoms. The molecule has 0 radical (unpaired) electrons. The third kappa shape index (κ3) is 13.1. The van der Waals surface area contributed by atoms with Crippen LogP contribution in [-0.2, 0) is 30.4 Å². The van der Waals surface area contributed by atoms with E-state index in [0.717, 1.165) is 24.3 Å². The average Bonchev–Trinajstić information content (AvgIpc) is 3.30. The zero-order chi connectivity index (χ0) is 51.0. The second kappa shape index (κ2) is 22.9. The van der Waals surface area contributed by atoms with Gasteiger partial charge in [0.25, 0.3) is 0 Å². The first-order chi connectivity index (χ1) is 33.5. The summed E-state index contributed by atoms with van der Waals surface area (Å²) >= 11 is 0. The van der Waals surface area contributed by atoms with Gasteiger partial charge in [-0.25, -0.2) is 25.3 Å². The Morgan fingerprint density at radius 3 is 1.28 bits per heavy atom. The Bertz CT molecular complexity index is 3820. The zero-order valence-electron chi connectivity index (χ0n) is 38.8. The van der Waals surface area contributed by atoms with Crippen LogP contribution in [0.2, 0.25) is 0 Å². The number of carbonyl (C=O) groups excluding carboxylic acids is 2. The van der Waals surface area contributed by atoms with Crippen LogP contribution in [0, 0.1) is 0 Å². The zero-order valence-corrected chi connectivity index (χ0v) is 41.3. The molecule has 0 heterocycles. The summed E-state index contributed by atoms with van der Waals surface area (Å²) in [4.78, 5) is 24.6. The van der Waals surface area contributed by atoms with Crippen LogP contribution in [-0.4, -0.2) is 61.9 Å². The number of nitrogens with one attached hydrogen (secondary N) is 3. The number of allylic oxidation sites excluding steroid dienone is 2. The van der Waals surface area contributed by atoms with E-state index < -0.39 is 68.0 Å². The van der Waals surface area contributed by atoms with Crippen LogP contribution in [0.3, 0.4) is 0 Å². The summed E-state index contributed by atoms with van der Waals surface area (Å²) in [6, 6.07) is 26.0. The number of anilines is 8. The number of nitrogens with two attached hydrogens (primary N) is 4. The number of nitrogens with zero attached hydrogens (tertiary/aromatic N) is 6. The number of hydrazone groups is 2. The van der Waals surface area contributed by atoms with E-state index in [2.05, 4.69) is 46.8 Å². The van der Waals surface area contributed by atoms with E-state index in [9.17, 15) is 48.5 Å².